The normalized spacial score (nSPS) is 22.1. The molecule has 3 nitrogen and oxygen atoms in total. The second kappa shape index (κ2) is 4.40. The Labute approximate surface area is 70.9 Å². The van der Waals surface area contributed by atoms with Crippen molar-refractivity contribution >= 4 is 5.97 Å². The fourth-order valence-corrected chi connectivity index (χ4v) is 1.80. The van der Waals surface area contributed by atoms with Gasteiger partial charge in [-0.05, 0) is 18.8 Å². The van der Waals surface area contributed by atoms with E-state index in [1.807, 2.05) is 0 Å². The van der Waals surface area contributed by atoms with Crippen LogP contribution in [0.4, 0.5) is 4.48 Å². The van der Waals surface area contributed by atoms with Crippen molar-refractivity contribution in [2.75, 3.05) is 0 Å². The number of nitrogens with one attached hydrogen (secondary N) is 1. The van der Waals surface area contributed by atoms with Crippen LogP contribution in [0.5, 0.6) is 0 Å². The molecule has 0 spiro atoms. The second-order valence-corrected chi connectivity index (χ2v) is 3.32. The number of carboxylic acids is 1. The number of hydrogen-bond donors (Lipinski definition) is 2. The van der Waals surface area contributed by atoms with Gasteiger partial charge in [0.1, 0.15) is 6.04 Å². The van der Waals surface area contributed by atoms with E-state index in [0.717, 1.165) is 32.1 Å². The average molecular weight is 175 g/mol. The van der Waals surface area contributed by atoms with Gasteiger partial charge >= 0.3 is 5.97 Å². The summed E-state index contributed by atoms with van der Waals surface area (Å²) in [5.74, 6) is -1.11. The molecule has 0 aromatic heterocycles. The maximum Gasteiger partial charge on any atom is 0.323 e. The van der Waals surface area contributed by atoms with E-state index in [4.69, 9.17) is 5.11 Å². The Kier molecular flexibility index (Phi) is 3.47. The van der Waals surface area contributed by atoms with E-state index >= 15 is 0 Å². The first-order valence-electron chi connectivity index (χ1n) is 4.34. The molecule has 70 valence electrons. The van der Waals surface area contributed by atoms with Crippen LogP contribution in [0.3, 0.4) is 0 Å². The van der Waals surface area contributed by atoms with Gasteiger partial charge in [-0.25, -0.2) is 0 Å². The highest BCUT2D eigenvalue weighted by Crippen LogP contribution is 2.26. The summed E-state index contributed by atoms with van der Waals surface area (Å²) in [7, 11) is 0. The summed E-state index contributed by atoms with van der Waals surface area (Å²) in [6.45, 7) is 0. The molecule has 1 saturated carbocycles. The van der Waals surface area contributed by atoms with Gasteiger partial charge in [-0.3, -0.25) is 4.79 Å². The Bertz CT molecular complexity index is 157. The van der Waals surface area contributed by atoms with Gasteiger partial charge in [0.15, 0.2) is 0 Å². The van der Waals surface area contributed by atoms with Gasteiger partial charge in [0, 0.05) is 0 Å². The molecule has 2 N–H and O–H groups in total. The Hall–Kier alpha value is -0.640. The van der Waals surface area contributed by atoms with Crippen molar-refractivity contribution in [3.05, 3.63) is 0 Å². The molecule has 0 bridgehead atoms. The maximum absolute atomic E-state index is 12.1. The van der Waals surface area contributed by atoms with Crippen molar-refractivity contribution in [3.63, 3.8) is 0 Å². The van der Waals surface area contributed by atoms with Gasteiger partial charge in [-0.1, -0.05) is 19.3 Å². The van der Waals surface area contributed by atoms with Crippen LogP contribution in [0, 0.1) is 5.92 Å². The SMILES string of the molecule is O=C(O)[C@@H](NF)C1CCCCC1. The summed E-state index contributed by atoms with van der Waals surface area (Å²) < 4.78 is 12.1. The third kappa shape index (κ3) is 2.17. The number of carbonyl (C=O) groups is 1. The minimum atomic E-state index is -1.08. The zero-order valence-corrected chi connectivity index (χ0v) is 6.92. The van der Waals surface area contributed by atoms with Crippen LogP contribution in [-0.2, 0) is 4.79 Å². The number of rotatable bonds is 3. The first-order valence-corrected chi connectivity index (χ1v) is 4.34. The summed E-state index contributed by atoms with van der Waals surface area (Å²) in [6, 6.07) is -0.995. The standard InChI is InChI=1S/C8H14FNO2/c9-10-7(8(11)12)6-4-2-1-3-5-6/h6-7,10H,1-5H2,(H,11,12)/t7-/m0/s1. The molecule has 0 aliphatic heterocycles. The highest BCUT2D eigenvalue weighted by atomic mass is 19.2. The summed E-state index contributed by atoms with van der Waals surface area (Å²) >= 11 is 0. The summed E-state index contributed by atoms with van der Waals surface area (Å²) in [5.41, 5.74) is 1.37. The number of hydrogen-bond acceptors (Lipinski definition) is 2. The molecule has 0 aromatic rings. The topological polar surface area (TPSA) is 49.3 Å². The largest absolute Gasteiger partial charge is 0.480 e. The number of carboxylic acid groups (broad SMARTS) is 1. The van der Waals surface area contributed by atoms with Crippen molar-refractivity contribution in [1.82, 2.24) is 5.54 Å². The number of aliphatic carboxylic acids is 1. The first-order chi connectivity index (χ1) is 5.75. The molecule has 1 aliphatic carbocycles. The van der Waals surface area contributed by atoms with Crippen LogP contribution >= 0.6 is 0 Å². The molecular formula is C8H14FNO2. The third-order valence-electron chi connectivity index (χ3n) is 2.50. The lowest BCUT2D eigenvalue weighted by Crippen LogP contribution is -2.39. The minimum absolute atomic E-state index is 0.0266. The fourth-order valence-electron chi connectivity index (χ4n) is 1.80. The van der Waals surface area contributed by atoms with Gasteiger partial charge in [0.2, 0.25) is 0 Å². The predicted molar refractivity (Wildman–Crippen MR) is 42.2 cm³/mol. The molecule has 1 aliphatic rings. The van der Waals surface area contributed by atoms with E-state index in [1.165, 1.54) is 5.54 Å². The lowest BCUT2D eigenvalue weighted by molar-refractivity contribution is -0.143. The summed E-state index contributed by atoms with van der Waals surface area (Å²) in [5, 5.41) is 8.62. The van der Waals surface area contributed by atoms with Crippen molar-refractivity contribution in [2.24, 2.45) is 5.92 Å². The molecule has 0 unspecified atom stereocenters. The quantitative estimate of drug-likeness (QED) is 0.639. The van der Waals surface area contributed by atoms with E-state index in [1.54, 1.807) is 0 Å². The van der Waals surface area contributed by atoms with Gasteiger partial charge < -0.3 is 5.11 Å². The van der Waals surface area contributed by atoms with E-state index in [0.29, 0.717) is 0 Å². The highest BCUT2D eigenvalue weighted by molar-refractivity contribution is 5.73. The molecular weight excluding hydrogens is 161 g/mol. The lowest BCUT2D eigenvalue weighted by atomic mass is 9.84. The Balaban J connectivity index is 2.46. The van der Waals surface area contributed by atoms with Crippen LogP contribution in [0.1, 0.15) is 32.1 Å². The van der Waals surface area contributed by atoms with Crippen molar-refractivity contribution < 1.29 is 14.4 Å². The predicted octanol–water partition coefficient (Wildman–Crippen LogP) is 1.49. The Morgan fingerprint density at radius 1 is 1.42 bits per heavy atom. The Morgan fingerprint density at radius 2 is 2.00 bits per heavy atom. The molecule has 0 aromatic carbocycles. The van der Waals surface area contributed by atoms with Gasteiger partial charge in [-0.2, -0.15) is 0 Å². The summed E-state index contributed by atoms with van der Waals surface area (Å²) in [4.78, 5) is 10.5. The van der Waals surface area contributed by atoms with Crippen LogP contribution < -0.4 is 5.54 Å². The number of halogens is 1. The maximum atomic E-state index is 12.1. The molecule has 0 radical (unpaired) electrons. The highest BCUT2D eigenvalue weighted by Gasteiger charge is 2.29. The molecule has 12 heavy (non-hydrogen) atoms. The monoisotopic (exact) mass is 175 g/mol. The second-order valence-electron chi connectivity index (χ2n) is 3.32. The fraction of sp³-hybridized carbons (Fsp3) is 0.875. The molecule has 1 rings (SSSR count). The van der Waals surface area contributed by atoms with E-state index in [2.05, 4.69) is 0 Å². The smallest absolute Gasteiger partial charge is 0.323 e. The van der Waals surface area contributed by atoms with Crippen LogP contribution in [0.15, 0.2) is 0 Å². The zero-order chi connectivity index (χ0) is 8.97. The molecule has 0 saturated heterocycles. The van der Waals surface area contributed by atoms with Crippen LogP contribution in [0.2, 0.25) is 0 Å². The van der Waals surface area contributed by atoms with Crippen LogP contribution in [0.25, 0.3) is 0 Å². The molecule has 0 amide bonds. The van der Waals surface area contributed by atoms with E-state index in [9.17, 15) is 9.28 Å². The van der Waals surface area contributed by atoms with E-state index in [-0.39, 0.29) is 5.92 Å². The minimum Gasteiger partial charge on any atom is -0.480 e. The molecule has 0 heterocycles. The van der Waals surface area contributed by atoms with Crippen molar-refractivity contribution in [3.8, 4) is 0 Å². The van der Waals surface area contributed by atoms with Gasteiger partial charge in [-0.15, -0.1) is 10.0 Å². The molecule has 4 heteroatoms. The first kappa shape index (κ1) is 9.45. The molecule has 1 atom stereocenters. The lowest BCUT2D eigenvalue weighted by Gasteiger charge is -2.25. The van der Waals surface area contributed by atoms with Gasteiger partial charge in [0.05, 0.1) is 0 Å². The van der Waals surface area contributed by atoms with Crippen molar-refractivity contribution in [1.29, 1.82) is 0 Å². The zero-order valence-electron chi connectivity index (χ0n) is 6.92. The van der Waals surface area contributed by atoms with Crippen molar-refractivity contribution in [2.45, 2.75) is 38.1 Å². The summed E-state index contributed by atoms with van der Waals surface area (Å²) in [6.07, 6.45) is 4.85. The third-order valence-corrected chi connectivity index (χ3v) is 2.50. The van der Waals surface area contributed by atoms with Gasteiger partial charge in [0.25, 0.3) is 0 Å². The molecule has 1 fully saturated rings. The Morgan fingerprint density at radius 3 is 2.42 bits per heavy atom. The van der Waals surface area contributed by atoms with E-state index < -0.39 is 12.0 Å². The van der Waals surface area contributed by atoms with Crippen LogP contribution in [-0.4, -0.2) is 17.1 Å². The average Bonchev–Trinajstić information content (AvgIpc) is 2.07.